The summed E-state index contributed by atoms with van der Waals surface area (Å²) in [6, 6.07) is 9.13. The van der Waals surface area contributed by atoms with Crippen LogP contribution in [-0.4, -0.2) is 24.5 Å². The molecule has 7 heteroatoms. The normalized spacial score (nSPS) is 16.4. The van der Waals surface area contributed by atoms with Gasteiger partial charge < -0.3 is 10.2 Å². The predicted molar refractivity (Wildman–Crippen MR) is 124 cm³/mol. The standard InChI is InChI=1S/C25H31NO5S/c1-3-4-6-11-19-16-21(27)22(18-12-9-10-17(2)15-18)24(28)23(19)25(29)26-32(30,31)20-13-7-5-8-14-20/h5,7-8,13-16,18,27-28H,3-4,6,9-12H2,1-2H3,(H,26,29). The van der Waals surface area contributed by atoms with E-state index in [9.17, 15) is 23.4 Å². The minimum atomic E-state index is -4.11. The lowest BCUT2D eigenvalue weighted by molar-refractivity contribution is 0.0977. The third-order valence-electron chi connectivity index (χ3n) is 5.90. The average Bonchev–Trinajstić information content (AvgIpc) is 2.74. The van der Waals surface area contributed by atoms with Crippen molar-refractivity contribution < 1.29 is 23.4 Å². The molecule has 1 amide bonds. The monoisotopic (exact) mass is 457 g/mol. The molecule has 0 heterocycles. The first-order valence-corrected chi connectivity index (χ1v) is 12.6. The first-order chi connectivity index (χ1) is 15.2. The summed E-state index contributed by atoms with van der Waals surface area (Å²) in [5.74, 6) is -1.53. The number of sulfonamides is 1. The summed E-state index contributed by atoms with van der Waals surface area (Å²) in [6.07, 6.45) is 7.67. The molecule has 1 aliphatic carbocycles. The maximum Gasteiger partial charge on any atom is 0.269 e. The Balaban J connectivity index is 2.05. The van der Waals surface area contributed by atoms with Gasteiger partial charge in [0.05, 0.1) is 10.5 Å². The molecule has 1 aliphatic rings. The van der Waals surface area contributed by atoms with E-state index in [0.29, 0.717) is 12.0 Å². The van der Waals surface area contributed by atoms with E-state index in [2.05, 4.69) is 11.6 Å². The van der Waals surface area contributed by atoms with Crippen molar-refractivity contribution in [2.75, 3.05) is 0 Å². The highest BCUT2D eigenvalue weighted by molar-refractivity contribution is 7.90. The van der Waals surface area contributed by atoms with Crippen LogP contribution in [0, 0.1) is 0 Å². The van der Waals surface area contributed by atoms with E-state index in [1.165, 1.54) is 18.2 Å². The number of rotatable bonds is 8. The van der Waals surface area contributed by atoms with Crippen LogP contribution in [0.25, 0.3) is 0 Å². The van der Waals surface area contributed by atoms with Crippen molar-refractivity contribution in [2.24, 2.45) is 0 Å². The summed E-state index contributed by atoms with van der Waals surface area (Å²) in [7, 11) is -4.11. The number of allylic oxidation sites excluding steroid dienone is 2. The number of carbonyl (C=O) groups is 1. The van der Waals surface area contributed by atoms with E-state index in [1.807, 2.05) is 13.0 Å². The van der Waals surface area contributed by atoms with Crippen molar-refractivity contribution in [1.29, 1.82) is 0 Å². The van der Waals surface area contributed by atoms with E-state index in [-0.39, 0.29) is 33.4 Å². The zero-order chi connectivity index (χ0) is 23.3. The number of amides is 1. The summed E-state index contributed by atoms with van der Waals surface area (Å²) in [6.45, 7) is 4.05. The molecule has 172 valence electrons. The van der Waals surface area contributed by atoms with Crippen molar-refractivity contribution in [1.82, 2.24) is 4.72 Å². The van der Waals surface area contributed by atoms with Crippen LogP contribution < -0.4 is 4.72 Å². The zero-order valence-electron chi connectivity index (χ0n) is 18.6. The Kier molecular flexibility index (Phi) is 7.61. The van der Waals surface area contributed by atoms with Crippen molar-refractivity contribution in [3.8, 4) is 11.5 Å². The molecule has 3 N–H and O–H groups in total. The zero-order valence-corrected chi connectivity index (χ0v) is 19.4. The van der Waals surface area contributed by atoms with Gasteiger partial charge in [0.2, 0.25) is 0 Å². The largest absolute Gasteiger partial charge is 0.507 e. The molecule has 6 nitrogen and oxygen atoms in total. The van der Waals surface area contributed by atoms with Gasteiger partial charge in [0.15, 0.2) is 0 Å². The Morgan fingerprint density at radius 2 is 1.88 bits per heavy atom. The number of hydrogen-bond donors (Lipinski definition) is 3. The summed E-state index contributed by atoms with van der Waals surface area (Å²) < 4.78 is 27.5. The van der Waals surface area contributed by atoms with Crippen molar-refractivity contribution in [2.45, 2.75) is 69.6 Å². The number of nitrogens with one attached hydrogen (secondary N) is 1. The number of benzene rings is 2. The van der Waals surface area contributed by atoms with Gasteiger partial charge in [-0.15, -0.1) is 0 Å². The molecule has 2 aromatic rings. The molecular formula is C25H31NO5S. The van der Waals surface area contributed by atoms with Crippen LogP contribution in [0.4, 0.5) is 0 Å². The average molecular weight is 458 g/mol. The van der Waals surface area contributed by atoms with Gasteiger partial charge >= 0.3 is 0 Å². The van der Waals surface area contributed by atoms with Gasteiger partial charge in [-0.25, -0.2) is 13.1 Å². The van der Waals surface area contributed by atoms with E-state index in [4.69, 9.17) is 0 Å². The second kappa shape index (κ2) is 10.2. The Morgan fingerprint density at radius 1 is 1.16 bits per heavy atom. The van der Waals surface area contributed by atoms with Crippen LogP contribution in [0.15, 0.2) is 52.9 Å². The highest BCUT2D eigenvalue weighted by Gasteiger charge is 2.29. The van der Waals surface area contributed by atoms with Crippen LogP contribution in [0.3, 0.4) is 0 Å². The number of carbonyl (C=O) groups excluding carboxylic acids is 1. The number of unbranched alkanes of at least 4 members (excludes halogenated alkanes) is 2. The molecular weight excluding hydrogens is 426 g/mol. The van der Waals surface area contributed by atoms with Crippen LogP contribution in [0.2, 0.25) is 0 Å². The number of aryl methyl sites for hydroxylation is 1. The Hall–Kier alpha value is -2.80. The van der Waals surface area contributed by atoms with Crippen molar-refractivity contribution in [3.05, 3.63) is 64.7 Å². The maximum absolute atomic E-state index is 13.2. The van der Waals surface area contributed by atoms with Gasteiger partial charge in [-0.3, -0.25) is 4.79 Å². The first kappa shape index (κ1) is 23.9. The first-order valence-electron chi connectivity index (χ1n) is 11.1. The second-order valence-corrected chi connectivity index (χ2v) is 10.1. The third kappa shape index (κ3) is 5.33. The summed E-state index contributed by atoms with van der Waals surface area (Å²) >= 11 is 0. The van der Waals surface area contributed by atoms with Gasteiger partial charge in [0, 0.05) is 11.5 Å². The molecule has 0 aromatic heterocycles. The molecule has 0 fully saturated rings. The summed E-state index contributed by atoms with van der Waals surface area (Å²) in [5.41, 5.74) is 1.80. The second-order valence-electron chi connectivity index (χ2n) is 8.41. The highest BCUT2D eigenvalue weighted by Crippen LogP contribution is 2.44. The molecule has 2 aromatic carbocycles. The van der Waals surface area contributed by atoms with Crippen molar-refractivity contribution in [3.63, 3.8) is 0 Å². The van der Waals surface area contributed by atoms with E-state index in [0.717, 1.165) is 44.1 Å². The molecule has 1 atom stereocenters. The van der Waals surface area contributed by atoms with Crippen molar-refractivity contribution >= 4 is 15.9 Å². The van der Waals surface area contributed by atoms with E-state index in [1.54, 1.807) is 18.2 Å². The molecule has 0 saturated carbocycles. The van der Waals surface area contributed by atoms with Gasteiger partial charge in [-0.1, -0.05) is 49.6 Å². The minimum absolute atomic E-state index is 0.0368. The lowest BCUT2D eigenvalue weighted by Gasteiger charge is -2.24. The number of phenolic OH excluding ortho intramolecular Hbond substituents is 2. The molecule has 1 unspecified atom stereocenters. The number of hydrogen-bond acceptors (Lipinski definition) is 5. The molecule has 3 rings (SSSR count). The SMILES string of the molecule is CCCCCc1cc(O)c(C2C=C(C)CCC2)c(O)c1C(=O)NS(=O)(=O)c1ccccc1. The Labute approximate surface area is 190 Å². The topological polar surface area (TPSA) is 104 Å². The third-order valence-corrected chi connectivity index (χ3v) is 7.25. The van der Waals surface area contributed by atoms with E-state index < -0.39 is 15.9 Å². The predicted octanol–water partition coefficient (Wildman–Crippen LogP) is 5.16. The molecule has 0 radical (unpaired) electrons. The fourth-order valence-corrected chi connectivity index (χ4v) is 5.25. The quantitative estimate of drug-likeness (QED) is 0.375. The number of phenols is 2. The smallest absolute Gasteiger partial charge is 0.269 e. The van der Waals surface area contributed by atoms with Crippen LogP contribution in [0.1, 0.15) is 79.8 Å². The van der Waals surface area contributed by atoms with Crippen LogP contribution >= 0.6 is 0 Å². The van der Waals surface area contributed by atoms with E-state index >= 15 is 0 Å². The fourth-order valence-electron chi connectivity index (χ4n) is 4.27. The van der Waals surface area contributed by atoms with Gasteiger partial charge in [-0.2, -0.15) is 0 Å². The lowest BCUT2D eigenvalue weighted by atomic mass is 9.83. The maximum atomic E-state index is 13.2. The van der Waals surface area contributed by atoms with Crippen LogP contribution in [-0.2, 0) is 16.4 Å². The fraction of sp³-hybridized carbons (Fsp3) is 0.400. The lowest BCUT2D eigenvalue weighted by Crippen LogP contribution is -2.31. The van der Waals surface area contributed by atoms with Gasteiger partial charge in [-0.05, 0) is 62.8 Å². The van der Waals surface area contributed by atoms with Crippen LogP contribution in [0.5, 0.6) is 11.5 Å². The summed E-state index contributed by atoms with van der Waals surface area (Å²) in [5, 5.41) is 21.9. The van der Waals surface area contributed by atoms with Gasteiger partial charge in [0.25, 0.3) is 15.9 Å². The molecule has 0 bridgehead atoms. The number of aromatic hydroxyl groups is 2. The minimum Gasteiger partial charge on any atom is -0.507 e. The highest BCUT2D eigenvalue weighted by atomic mass is 32.2. The Morgan fingerprint density at radius 3 is 2.53 bits per heavy atom. The van der Waals surface area contributed by atoms with Gasteiger partial charge in [0.1, 0.15) is 11.5 Å². The summed E-state index contributed by atoms with van der Waals surface area (Å²) in [4.78, 5) is 13.1. The molecule has 0 aliphatic heterocycles. The Bertz CT molecular complexity index is 1110. The molecule has 0 spiro atoms. The molecule has 32 heavy (non-hydrogen) atoms. The molecule has 0 saturated heterocycles.